The molecule has 2 rings (SSSR count). The lowest BCUT2D eigenvalue weighted by Gasteiger charge is -2.03. The summed E-state index contributed by atoms with van der Waals surface area (Å²) in [7, 11) is 0. The van der Waals surface area contributed by atoms with Crippen LogP contribution in [0.15, 0.2) is 24.4 Å². The Labute approximate surface area is 88.5 Å². The molecule has 0 atom stereocenters. The zero-order chi connectivity index (χ0) is 11.7. The van der Waals surface area contributed by atoms with Gasteiger partial charge >= 0.3 is 5.97 Å². The third-order valence-electron chi connectivity index (χ3n) is 2.09. The van der Waals surface area contributed by atoms with Gasteiger partial charge in [-0.05, 0) is 12.1 Å². The minimum absolute atomic E-state index is 0.157. The third kappa shape index (κ3) is 1.54. The summed E-state index contributed by atoms with van der Waals surface area (Å²) in [6.07, 6.45) is 0.891. The minimum Gasteiger partial charge on any atom is -0.478 e. The van der Waals surface area contributed by atoms with Crippen LogP contribution in [0.2, 0.25) is 0 Å². The van der Waals surface area contributed by atoms with Crippen molar-refractivity contribution < 1.29 is 18.7 Å². The summed E-state index contributed by atoms with van der Waals surface area (Å²) in [5.41, 5.74) is -0.831. The topological polar surface area (TPSA) is 66.0 Å². The van der Waals surface area contributed by atoms with Gasteiger partial charge in [-0.1, -0.05) is 6.07 Å². The predicted molar refractivity (Wildman–Crippen MR) is 50.9 cm³/mol. The summed E-state index contributed by atoms with van der Waals surface area (Å²) < 4.78 is 26.8. The van der Waals surface area contributed by atoms with Crippen molar-refractivity contribution in [2.75, 3.05) is 0 Å². The van der Waals surface area contributed by atoms with Crippen molar-refractivity contribution in [2.24, 2.45) is 0 Å². The number of benzene rings is 1. The van der Waals surface area contributed by atoms with Crippen molar-refractivity contribution in [2.45, 2.75) is 0 Å². The van der Waals surface area contributed by atoms with Crippen LogP contribution in [-0.4, -0.2) is 21.3 Å². The number of hydrogen-bond acceptors (Lipinski definition) is 2. The molecular formula is C10H6F2N2O2. The van der Waals surface area contributed by atoms with Gasteiger partial charge in [0.25, 0.3) is 0 Å². The first-order chi connectivity index (χ1) is 7.61. The molecular weight excluding hydrogens is 218 g/mol. The molecule has 0 aliphatic heterocycles. The van der Waals surface area contributed by atoms with E-state index in [2.05, 4.69) is 10.2 Å². The Morgan fingerprint density at radius 2 is 2.12 bits per heavy atom. The highest BCUT2D eigenvalue weighted by Gasteiger charge is 2.18. The largest absolute Gasteiger partial charge is 0.478 e. The molecule has 0 aliphatic rings. The molecule has 6 heteroatoms. The first-order valence-electron chi connectivity index (χ1n) is 4.32. The van der Waals surface area contributed by atoms with Gasteiger partial charge in [-0.25, -0.2) is 13.6 Å². The minimum atomic E-state index is -1.40. The second kappa shape index (κ2) is 3.73. The van der Waals surface area contributed by atoms with Crippen LogP contribution in [0.4, 0.5) is 8.78 Å². The van der Waals surface area contributed by atoms with E-state index in [1.165, 1.54) is 12.1 Å². The van der Waals surface area contributed by atoms with Crippen molar-refractivity contribution in [3.8, 4) is 11.3 Å². The third-order valence-corrected chi connectivity index (χ3v) is 2.09. The molecule has 0 bridgehead atoms. The Bertz CT molecular complexity index is 552. The number of hydrogen-bond donors (Lipinski definition) is 2. The summed E-state index contributed by atoms with van der Waals surface area (Å²) in [6, 6.07) is 3.72. The molecule has 0 spiro atoms. The molecule has 2 N–H and O–H groups in total. The van der Waals surface area contributed by atoms with Crippen LogP contribution >= 0.6 is 0 Å². The van der Waals surface area contributed by atoms with Gasteiger partial charge in [0.05, 0.1) is 11.8 Å². The standard InChI is InChI=1S/C10H6F2N2O2/c11-7-4-13-14-9(7)5-2-1-3-6(8(5)12)10(15)16/h1-4H,(H,13,14)(H,15,16). The van der Waals surface area contributed by atoms with Gasteiger partial charge in [-0.2, -0.15) is 5.10 Å². The van der Waals surface area contributed by atoms with Gasteiger partial charge in [0, 0.05) is 5.56 Å². The number of nitrogens with one attached hydrogen (secondary N) is 1. The van der Waals surface area contributed by atoms with Crippen LogP contribution < -0.4 is 0 Å². The fourth-order valence-corrected chi connectivity index (χ4v) is 1.35. The molecule has 0 amide bonds. The molecule has 0 radical (unpaired) electrons. The quantitative estimate of drug-likeness (QED) is 0.820. The van der Waals surface area contributed by atoms with Crippen molar-refractivity contribution in [1.29, 1.82) is 0 Å². The summed E-state index contributed by atoms with van der Waals surface area (Å²) in [5, 5.41) is 14.4. The Kier molecular flexibility index (Phi) is 2.40. The second-order valence-corrected chi connectivity index (χ2v) is 3.07. The molecule has 16 heavy (non-hydrogen) atoms. The number of halogens is 2. The molecule has 0 fully saturated rings. The van der Waals surface area contributed by atoms with E-state index < -0.39 is 23.2 Å². The van der Waals surface area contributed by atoms with E-state index in [0.717, 1.165) is 12.3 Å². The molecule has 82 valence electrons. The number of aromatic amines is 1. The zero-order valence-electron chi connectivity index (χ0n) is 7.87. The molecule has 2 aromatic rings. The van der Waals surface area contributed by atoms with Gasteiger partial charge in [-0.15, -0.1) is 0 Å². The van der Waals surface area contributed by atoms with Crippen molar-refractivity contribution in [3.63, 3.8) is 0 Å². The molecule has 1 heterocycles. The maximum absolute atomic E-state index is 13.7. The fraction of sp³-hybridized carbons (Fsp3) is 0. The van der Waals surface area contributed by atoms with E-state index in [1.807, 2.05) is 0 Å². The van der Waals surface area contributed by atoms with Crippen molar-refractivity contribution >= 4 is 5.97 Å². The predicted octanol–water partition coefficient (Wildman–Crippen LogP) is 2.05. The van der Waals surface area contributed by atoms with Crippen LogP contribution in [0, 0.1) is 11.6 Å². The smallest absolute Gasteiger partial charge is 0.338 e. The van der Waals surface area contributed by atoms with E-state index in [4.69, 9.17) is 5.11 Å². The number of carboxylic acid groups (broad SMARTS) is 1. The Balaban J connectivity index is 2.63. The van der Waals surface area contributed by atoms with Crippen LogP contribution in [0.1, 0.15) is 10.4 Å². The van der Waals surface area contributed by atoms with E-state index in [1.54, 1.807) is 0 Å². The Hall–Kier alpha value is -2.24. The lowest BCUT2D eigenvalue weighted by molar-refractivity contribution is 0.0692. The normalized spacial score (nSPS) is 10.4. The molecule has 0 saturated carbocycles. The van der Waals surface area contributed by atoms with Gasteiger partial charge in [0.15, 0.2) is 5.82 Å². The molecule has 1 aromatic heterocycles. The SMILES string of the molecule is O=C(O)c1cccc(-c2[nH]ncc2F)c1F. The number of H-pyrrole nitrogens is 1. The van der Waals surface area contributed by atoms with Gasteiger partial charge in [0.2, 0.25) is 0 Å². The Morgan fingerprint density at radius 3 is 2.69 bits per heavy atom. The molecule has 1 aromatic carbocycles. The van der Waals surface area contributed by atoms with Crippen LogP contribution in [0.3, 0.4) is 0 Å². The van der Waals surface area contributed by atoms with Gasteiger partial charge in [-0.3, -0.25) is 5.10 Å². The maximum Gasteiger partial charge on any atom is 0.338 e. The van der Waals surface area contributed by atoms with Crippen molar-refractivity contribution in [3.05, 3.63) is 41.6 Å². The molecule has 0 aliphatic carbocycles. The van der Waals surface area contributed by atoms with E-state index in [9.17, 15) is 13.6 Å². The van der Waals surface area contributed by atoms with Crippen LogP contribution in [-0.2, 0) is 0 Å². The second-order valence-electron chi connectivity index (χ2n) is 3.07. The van der Waals surface area contributed by atoms with E-state index in [0.29, 0.717) is 0 Å². The number of nitrogens with zero attached hydrogens (tertiary/aromatic N) is 1. The molecule has 0 unspecified atom stereocenters. The number of carboxylic acids is 1. The summed E-state index contributed by atoms with van der Waals surface area (Å²) in [5.74, 6) is -3.13. The highest BCUT2D eigenvalue weighted by atomic mass is 19.1. The monoisotopic (exact) mass is 224 g/mol. The first-order valence-corrected chi connectivity index (χ1v) is 4.32. The fourth-order valence-electron chi connectivity index (χ4n) is 1.35. The Morgan fingerprint density at radius 1 is 1.38 bits per heavy atom. The summed E-state index contributed by atoms with van der Waals surface area (Å²) in [4.78, 5) is 10.7. The van der Waals surface area contributed by atoms with Crippen molar-refractivity contribution in [1.82, 2.24) is 10.2 Å². The van der Waals surface area contributed by atoms with Gasteiger partial charge in [0.1, 0.15) is 11.5 Å². The van der Waals surface area contributed by atoms with E-state index >= 15 is 0 Å². The lowest BCUT2D eigenvalue weighted by atomic mass is 10.1. The maximum atomic E-state index is 13.7. The summed E-state index contributed by atoms with van der Waals surface area (Å²) >= 11 is 0. The molecule has 4 nitrogen and oxygen atoms in total. The number of rotatable bonds is 2. The lowest BCUT2D eigenvalue weighted by Crippen LogP contribution is -2.02. The average Bonchev–Trinajstić information content (AvgIpc) is 2.64. The number of aromatic nitrogens is 2. The van der Waals surface area contributed by atoms with Crippen LogP contribution in [0.25, 0.3) is 11.3 Å². The number of carbonyl (C=O) groups is 1. The zero-order valence-corrected chi connectivity index (χ0v) is 7.87. The highest BCUT2D eigenvalue weighted by Crippen LogP contribution is 2.25. The van der Waals surface area contributed by atoms with Crippen LogP contribution in [0.5, 0.6) is 0 Å². The average molecular weight is 224 g/mol. The summed E-state index contributed by atoms with van der Waals surface area (Å²) in [6.45, 7) is 0. The van der Waals surface area contributed by atoms with Gasteiger partial charge < -0.3 is 5.11 Å². The number of aromatic carboxylic acids is 1. The first kappa shape index (κ1) is 10.3. The highest BCUT2D eigenvalue weighted by molar-refractivity contribution is 5.89. The van der Waals surface area contributed by atoms with E-state index in [-0.39, 0.29) is 11.3 Å². The molecule has 0 saturated heterocycles.